The molecule has 1 aromatic heterocycles. The Bertz CT molecular complexity index is 703. The molecule has 0 saturated carbocycles. The first-order valence-electron chi connectivity index (χ1n) is 7.46. The number of nitrogens with zero attached hydrogens (tertiary/aromatic N) is 3. The van der Waals surface area contributed by atoms with Gasteiger partial charge in [-0.05, 0) is 49.3 Å². The molecular formula is C15H19Cl2N5OS. The lowest BCUT2D eigenvalue weighted by atomic mass is 10.1. The van der Waals surface area contributed by atoms with E-state index in [1.165, 1.54) is 11.8 Å². The van der Waals surface area contributed by atoms with E-state index in [0.717, 1.165) is 29.4 Å². The van der Waals surface area contributed by atoms with Crippen LogP contribution in [0.5, 0.6) is 0 Å². The second-order valence-corrected chi connectivity index (χ2v) is 6.93. The van der Waals surface area contributed by atoms with E-state index in [2.05, 4.69) is 20.8 Å². The van der Waals surface area contributed by atoms with Gasteiger partial charge >= 0.3 is 0 Å². The van der Waals surface area contributed by atoms with Crippen LogP contribution < -0.4 is 10.6 Å². The van der Waals surface area contributed by atoms with Crippen LogP contribution in [0.3, 0.4) is 0 Å². The van der Waals surface area contributed by atoms with Crippen molar-refractivity contribution in [3.05, 3.63) is 29.5 Å². The van der Waals surface area contributed by atoms with Gasteiger partial charge < -0.3 is 15.2 Å². The van der Waals surface area contributed by atoms with Crippen molar-refractivity contribution in [2.45, 2.75) is 35.4 Å². The first-order chi connectivity index (χ1) is 11.1. The molecule has 1 aromatic carbocycles. The number of aromatic nitrogens is 3. The Morgan fingerprint density at radius 3 is 3.00 bits per heavy atom. The quantitative estimate of drug-likeness (QED) is 0.824. The molecule has 9 heteroatoms. The summed E-state index contributed by atoms with van der Waals surface area (Å²) in [5, 5.41) is 15.4. The molecule has 2 N–H and O–H groups in total. The molecule has 1 saturated heterocycles. The third-order valence-electron chi connectivity index (χ3n) is 3.68. The molecule has 1 aliphatic heterocycles. The van der Waals surface area contributed by atoms with Crippen molar-refractivity contribution in [2.24, 2.45) is 7.05 Å². The number of benzene rings is 1. The summed E-state index contributed by atoms with van der Waals surface area (Å²) < 4.78 is 1.82. The lowest BCUT2D eigenvalue weighted by Crippen LogP contribution is -2.27. The Morgan fingerprint density at radius 1 is 1.54 bits per heavy atom. The average molecular weight is 388 g/mol. The summed E-state index contributed by atoms with van der Waals surface area (Å²) in [6, 6.07) is 5.78. The Kier molecular flexibility index (Phi) is 6.91. The van der Waals surface area contributed by atoms with Crippen molar-refractivity contribution in [2.75, 3.05) is 11.9 Å². The van der Waals surface area contributed by atoms with Crippen LogP contribution in [0.2, 0.25) is 5.02 Å². The fraction of sp³-hybridized carbons (Fsp3) is 0.400. The van der Waals surface area contributed by atoms with Crippen molar-refractivity contribution >= 4 is 47.4 Å². The Balaban J connectivity index is 0.00000208. The zero-order chi connectivity index (χ0) is 16.2. The fourth-order valence-electron chi connectivity index (χ4n) is 2.49. The Hall–Kier alpha value is -1.28. The van der Waals surface area contributed by atoms with Crippen molar-refractivity contribution in [3.63, 3.8) is 0 Å². The average Bonchev–Trinajstić information content (AvgIpc) is 3.14. The number of rotatable bonds is 5. The van der Waals surface area contributed by atoms with Gasteiger partial charge in [-0.3, -0.25) is 4.79 Å². The van der Waals surface area contributed by atoms with Crippen molar-refractivity contribution in [1.29, 1.82) is 0 Å². The number of halogens is 2. The van der Waals surface area contributed by atoms with Crippen molar-refractivity contribution < 1.29 is 4.79 Å². The number of nitrogens with one attached hydrogen (secondary N) is 2. The predicted octanol–water partition coefficient (Wildman–Crippen LogP) is 3.12. The number of aryl methyl sites for hydroxylation is 1. The zero-order valence-corrected chi connectivity index (χ0v) is 15.5. The van der Waals surface area contributed by atoms with Gasteiger partial charge in [0, 0.05) is 30.1 Å². The van der Waals surface area contributed by atoms with Gasteiger partial charge in [-0.2, -0.15) is 0 Å². The molecule has 3 rings (SSSR count). The number of carbonyl (C=O) groups excluding carboxylic acids is 1. The van der Waals surface area contributed by atoms with Crippen LogP contribution in [0.15, 0.2) is 34.6 Å². The second-order valence-electron chi connectivity index (χ2n) is 5.52. The minimum absolute atomic E-state index is 0. The first kappa shape index (κ1) is 19.1. The van der Waals surface area contributed by atoms with Crippen LogP contribution >= 0.6 is 35.8 Å². The Morgan fingerprint density at radius 2 is 2.38 bits per heavy atom. The van der Waals surface area contributed by atoms with Crippen molar-refractivity contribution in [3.8, 4) is 0 Å². The molecule has 0 spiro atoms. The summed E-state index contributed by atoms with van der Waals surface area (Å²) in [5.74, 6) is 0.00849. The predicted molar refractivity (Wildman–Crippen MR) is 98.1 cm³/mol. The van der Waals surface area contributed by atoms with E-state index in [1.807, 2.05) is 23.7 Å². The molecule has 1 unspecified atom stereocenters. The van der Waals surface area contributed by atoms with E-state index in [0.29, 0.717) is 17.1 Å². The molecule has 2 heterocycles. The summed E-state index contributed by atoms with van der Waals surface area (Å²) in [5.41, 5.74) is 0.709. The van der Waals surface area contributed by atoms with Gasteiger partial charge in [0.25, 0.3) is 0 Å². The van der Waals surface area contributed by atoms with Gasteiger partial charge in [0.2, 0.25) is 5.91 Å². The minimum atomic E-state index is 0. The van der Waals surface area contributed by atoms with Gasteiger partial charge in [0.15, 0.2) is 5.16 Å². The number of amides is 1. The van der Waals surface area contributed by atoms with Crippen LogP contribution in [0.25, 0.3) is 0 Å². The smallest absolute Gasteiger partial charge is 0.225 e. The molecule has 2 aromatic rings. The number of hydrogen-bond donors (Lipinski definition) is 2. The van der Waals surface area contributed by atoms with E-state index in [1.54, 1.807) is 12.4 Å². The van der Waals surface area contributed by atoms with Gasteiger partial charge in [0.05, 0.1) is 5.02 Å². The monoisotopic (exact) mass is 387 g/mol. The molecular weight excluding hydrogens is 369 g/mol. The maximum Gasteiger partial charge on any atom is 0.225 e. The van der Waals surface area contributed by atoms with E-state index in [4.69, 9.17) is 11.6 Å². The van der Waals surface area contributed by atoms with E-state index in [9.17, 15) is 4.79 Å². The molecule has 6 nitrogen and oxygen atoms in total. The molecule has 0 aliphatic carbocycles. The van der Waals surface area contributed by atoms with Crippen LogP contribution in [0.4, 0.5) is 5.69 Å². The highest BCUT2D eigenvalue weighted by Crippen LogP contribution is 2.33. The number of hydrogen-bond acceptors (Lipinski definition) is 5. The standard InChI is InChI=1S/C15H18ClN5OS.ClH/c1-21-9-18-20-15(21)23-13-5-4-11(7-12(13)16)19-14(22)8-10-3-2-6-17-10;/h4-5,7,9-10,17H,2-3,6,8H2,1H3,(H,19,22);1H. The summed E-state index contributed by atoms with van der Waals surface area (Å²) in [7, 11) is 1.88. The summed E-state index contributed by atoms with van der Waals surface area (Å²) in [6.07, 6.45) is 4.33. The first-order valence-corrected chi connectivity index (χ1v) is 8.66. The molecule has 1 atom stereocenters. The molecule has 1 amide bonds. The van der Waals surface area contributed by atoms with E-state index >= 15 is 0 Å². The molecule has 130 valence electrons. The van der Waals surface area contributed by atoms with Gasteiger partial charge in [-0.25, -0.2) is 0 Å². The van der Waals surface area contributed by atoms with Crippen LogP contribution in [-0.2, 0) is 11.8 Å². The molecule has 1 fully saturated rings. The summed E-state index contributed by atoms with van der Waals surface area (Å²) in [6.45, 7) is 0.998. The van der Waals surface area contributed by atoms with Gasteiger partial charge in [0.1, 0.15) is 6.33 Å². The topological polar surface area (TPSA) is 71.8 Å². The molecule has 1 aliphatic rings. The zero-order valence-electron chi connectivity index (χ0n) is 13.2. The highest BCUT2D eigenvalue weighted by molar-refractivity contribution is 7.99. The Labute approximate surface area is 156 Å². The molecule has 0 bridgehead atoms. The SMILES string of the molecule is Cl.Cn1cnnc1Sc1ccc(NC(=O)CC2CCCN2)cc1Cl. The highest BCUT2D eigenvalue weighted by atomic mass is 35.5. The minimum Gasteiger partial charge on any atom is -0.326 e. The van der Waals surface area contributed by atoms with Gasteiger partial charge in [-0.15, -0.1) is 22.6 Å². The normalized spacial score (nSPS) is 16.7. The lowest BCUT2D eigenvalue weighted by Gasteiger charge is -2.11. The number of anilines is 1. The largest absolute Gasteiger partial charge is 0.326 e. The second kappa shape index (κ2) is 8.71. The van der Waals surface area contributed by atoms with Crippen LogP contribution in [0.1, 0.15) is 19.3 Å². The third kappa shape index (κ3) is 4.86. The maximum atomic E-state index is 12.0. The van der Waals surface area contributed by atoms with Crippen molar-refractivity contribution in [1.82, 2.24) is 20.1 Å². The van der Waals surface area contributed by atoms with E-state index in [-0.39, 0.29) is 24.4 Å². The lowest BCUT2D eigenvalue weighted by molar-refractivity contribution is -0.116. The number of carbonyl (C=O) groups is 1. The van der Waals surface area contributed by atoms with Crippen LogP contribution in [0, 0.1) is 0 Å². The van der Waals surface area contributed by atoms with E-state index < -0.39 is 0 Å². The van der Waals surface area contributed by atoms with Crippen LogP contribution in [-0.4, -0.2) is 33.3 Å². The summed E-state index contributed by atoms with van der Waals surface area (Å²) in [4.78, 5) is 12.9. The maximum absolute atomic E-state index is 12.0. The fourth-order valence-corrected chi connectivity index (χ4v) is 3.56. The third-order valence-corrected chi connectivity index (χ3v) is 5.23. The molecule has 24 heavy (non-hydrogen) atoms. The summed E-state index contributed by atoms with van der Waals surface area (Å²) >= 11 is 7.75. The highest BCUT2D eigenvalue weighted by Gasteiger charge is 2.18. The van der Waals surface area contributed by atoms with Gasteiger partial charge in [-0.1, -0.05) is 11.6 Å². The molecule has 0 radical (unpaired) electrons.